The van der Waals surface area contributed by atoms with E-state index in [4.69, 9.17) is 0 Å². The highest BCUT2D eigenvalue weighted by Crippen LogP contribution is 2.24. The lowest BCUT2D eigenvalue weighted by Gasteiger charge is -2.31. The highest BCUT2D eigenvalue weighted by Gasteiger charge is 2.26. The minimum absolute atomic E-state index is 0.0595. The molecule has 1 aromatic heterocycles. The Morgan fingerprint density at radius 2 is 1.75 bits per heavy atom. The third kappa shape index (κ3) is 4.17. The van der Waals surface area contributed by atoms with Gasteiger partial charge in [-0.3, -0.25) is 4.79 Å². The van der Waals surface area contributed by atoms with Crippen molar-refractivity contribution in [3.05, 3.63) is 72.5 Å². The van der Waals surface area contributed by atoms with Crippen molar-refractivity contribution in [3.63, 3.8) is 0 Å². The van der Waals surface area contributed by atoms with Gasteiger partial charge in [0.25, 0.3) is 0 Å². The number of carbonyl (C=O) groups is 1. The Hall–Kier alpha value is -3.28. The second-order valence-corrected chi connectivity index (χ2v) is 6.90. The molecule has 0 saturated carbocycles. The Morgan fingerprint density at radius 3 is 2.43 bits per heavy atom. The van der Waals surface area contributed by atoms with Crippen LogP contribution in [0.1, 0.15) is 12.8 Å². The van der Waals surface area contributed by atoms with Crippen molar-refractivity contribution in [2.45, 2.75) is 12.8 Å². The van der Waals surface area contributed by atoms with Gasteiger partial charge in [-0.2, -0.15) is 0 Å². The highest BCUT2D eigenvalue weighted by molar-refractivity contribution is 5.92. The predicted octanol–water partition coefficient (Wildman–Crippen LogP) is 4.14. The Bertz CT molecular complexity index is 938. The first-order valence-corrected chi connectivity index (χ1v) is 9.39. The standard InChI is InChI=1S/C22H21FN4O/c23-18-7-4-8-19(15-18)24-22(28)17-11-13-27(14-12-17)21-10-9-20(25-26-21)16-5-2-1-3-6-16/h1-10,15,17H,11-14H2,(H,24,28). The smallest absolute Gasteiger partial charge is 0.227 e. The number of halogens is 1. The maximum Gasteiger partial charge on any atom is 0.227 e. The van der Waals surface area contributed by atoms with Crippen molar-refractivity contribution in [3.8, 4) is 11.3 Å². The maximum absolute atomic E-state index is 13.3. The van der Waals surface area contributed by atoms with Gasteiger partial charge in [0.05, 0.1) is 5.69 Å². The average Bonchev–Trinajstić information content (AvgIpc) is 2.75. The quantitative estimate of drug-likeness (QED) is 0.744. The summed E-state index contributed by atoms with van der Waals surface area (Å²) in [6.45, 7) is 1.47. The molecule has 1 fully saturated rings. The van der Waals surface area contributed by atoms with Gasteiger partial charge < -0.3 is 10.2 Å². The summed E-state index contributed by atoms with van der Waals surface area (Å²) >= 11 is 0. The number of anilines is 2. The summed E-state index contributed by atoms with van der Waals surface area (Å²) in [4.78, 5) is 14.6. The Morgan fingerprint density at radius 1 is 0.964 bits per heavy atom. The average molecular weight is 376 g/mol. The first-order valence-electron chi connectivity index (χ1n) is 9.39. The molecule has 1 saturated heterocycles. The van der Waals surface area contributed by atoms with Gasteiger partial charge in [0.15, 0.2) is 5.82 Å². The molecule has 3 aromatic rings. The minimum atomic E-state index is -0.356. The van der Waals surface area contributed by atoms with E-state index in [9.17, 15) is 9.18 Å². The molecule has 0 aliphatic carbocycles. The van der Waals surface area contributed by atoms with Gasteiger partial charge >= 0.3 is 0 Å². The van der Waals surface area contributed by atoms with Crippen LogP contribution in [0.3, 0.4) is 0 Å². The van der Waals surface area contributed by atoms with Crippen molar-refractivity contribution in [1.82, 2.24) is 10.2 Å². The van der Waals surface area contributed by atoms with Crippen LogP contribution in [-0.2, 0) is 4.79 Å². The summed E-state index contributed by atoms with van der Waals surface area (Å²) in [6, 6.07) is 19.9. The Labute approximate surface area is 163 Å². The molecule has 1 aliphatic rings. The van der Waals surface area contributed by atoms with Crippen molar-refractivity contribution >= 4 is 17.4 Å². The molecule has 6 heteroatoms. The van der Waals surface area contributed by atoms with Crippen molar-refractivity contribution in [2.24, 2.45) is 5.92 Å². The third-order valence-electron chi connectivity index (χ3n) is 5.00. The number of piperidine rings is 1. The first-order chi connectivity index (χ1) is 13.7. The number of nitrogens with zero attached hydrogens (tertiary/aromatic N) is 3. The van der Waals surface area contributed by atoms with Crippen LogP contribution in [0.4, 0.5) is 15.9 Å². The number of carbonyl (C=O) groups excluding carboxylic acids is 1. The lowest BCUT2D eigenvalue weighted by atomic mass is 9.96. The fourth-order valence-corrected chi connectivity index (χ4v) is 3.44. The second kappa shape index (κ2) is 8.17. The Balaban J connectivity index is 1.34. The number of benzene rings is 2. The topological polar surface area (TPSA) is 58.1 Å². The molecule has 1 amide bonds. The van der Waals surface area contributed by atoms with Gasteiger partial charge in [0, 0.05) is 30.3 Å². The van der Waals surface area contributed by atoms with Crippen LogP contribution >= 0.6 is 0 Å². The predicted molar refractivity (Wildman–Crippen MR) is 107 cm³/mol. The number of amides is 1. The molecule has 28 heavy (non-hydrogen) atoms. The van der Waals surface area contributed by atoms with Crippen LogP contribution in [-0.4, -0.2) is 29.2 Å². The molecule has 1 aliphatic heterocycles. The van der Waals surface area contributed by atoms with Crippen molar-refractivity contribution < 1.29 is 9.18 Å². The van der Waals surface area contributed by atoms with Crippen LogP contribution in [0, 0.1) is 11.7 Å². The van der Waals surface area contributed by atoms with E-state index >= 15 is 0 Å². The van der Waals surface area contributed by atoms with E-state index < -0.39 is 0 Å². The molecule has 1 N–H and O–H groups in total. The normalized spacial score (nSPS) is 14.7. The van der Waals surface area contributed by atoms with Gasteiger partial charge in [-0.25, -0.2) is 4.39 Å². The molecular weight excluding hydrogens is 355 g/mol. The minimum Gasteiger partial charge on any atom is -0.355 e. The number of rotatable bonds is 4. The summed E-state index contributed by atoms with van der Waals surface area (Å²) in [5.41, 5.74) is 2.37. The molecule has 4 rings (SSSR count). The fourth-order valence-electron chi connectivity index (χ4n) is 3.44. The molecule has 5 nitrogen and oxygen atoms in total. The van der Waals surface area contributed by atoms with Gasteiger partial charge in [-0.05, 0) is 43.2 Å². The van der Waals surface area contributed by atoms with Gasteiger partial charge in [0.2, 0.25) is 5.91 Å². The zero-order valence-electron chi connectivity index (χ0n) is 15.4. The van der Waals surface area contributed by atoms with E-state index in [2.05, 4.69) is 20.4 Å². The van der Waals surface area contributed by atoms with E-state index in [0.717, 1.165) is 43.0 Å². The number of hydrogen-bond donors (Lipinski definition) is 1. The molecule has 0 spiro atoms. The van der Waals surface area contributed by atoms with Gasteiger partial charge in [-0.15, -0.1) is 10.2 Å². The Kier molecular flexibility index (Phi) is 5.28. The van der Waals surface area contributed by atoms with E-state index in [1.54, 1.807) is 12.1 Å². The number of hydrogen-bond acceptors (Lipinski definition) is 4. The summed E-state index contributed by atoms with van der Waals surface area (Å²) in [5.74, 6) is 0.320. The zero-order chi connectivity index (χ0) is 19.3. The van der Waals surface area contributed by atoms with E-state index in [0.29, 0.717) is 5.69 Å². The summed E-state index contributed by atoms with van der Waals surface area (Å²) in [6.07, 6.45) is 1.45. The van der Waals surface area contributed by atoms with Gasteiger partial charge in [0.1, 0.15) is 5.82 Å². The van der Waals surface area contributed by atoms with Crippen LogP contribution in [0.2, 0.25) is 0 Å². The maximum atomic E-state index is 13.3. The fraction of sp³-hybridized carbons (Fsp3) is 0.227. The number of nitrogens with one attached hydrogen (secondary N) is 1. The lowest BCUT2D eigenvalue weighted by molar-refractivity contribution is -0.120. The van der Waals surface area contributed by atoms with Crippen molar-refractivity contribution in [2.75, 3.05) is 23.3 Å². The highest BCUT2D eigenvalue weighted by atomic mass is 19.1. The molecule has 0 atom stereocenters. The molecule has 0 radical (unpaired) electrons. The molecule has 142 valence electrons. The van der Waals surface area contributed by atoms with Crippen LogP contribution in [0.5, 0.6) is 0 Å². The van der Waals surface area contributed by atoms with E-state index in [1.165, 1.54) is 12.1 Å². The molecule has 2 heterocycles. The third-order valence-corrected chi connectivity index (χ3v) is 5.00. The second-order valence-electron chi connectivity index (χ2n) is 6.90. The SMILES string of the molecule is O=C(Nc1cccc(F)c1)C1CCN(c2ccc(-c3ccccc3)nn2)CC1. The molecule has 2 aromatic carbocycles. The zero-order valence-corrected chi connectivity index (χ0v) is 15.4. The summed E-state index contributed by atoms with van der Waals surface area (Å²) < 4.78 is 13.3. The summed E-state index contributed by atoms with van der Waals surface area (Å²) in [5, 5.41) is 11.5. The van der Waals surface area contributed by atoms with Crippen LogP contribution in [0.25, 0.3) is 11.3 Å². The first kappa shape index (κ1) is 18.1. The van der Waals surface area contributed by atoms with E-state index in [-0.39, 0.29) is 17.6 Å². The van der Waals surface area contributed by atoms with Gasteiger partial charge in [-0.1, -0.05) is 36.4 Å². The summed E-state index contributed by atoms with van der Waals surface area (Å²) in [7, 11) is 0. The number of aromatic nitrogens is 2. The molecule has 0 bridgehead atoms. The molecule has 0 unspecified atom stereocenters. The van der Waals surface area contributed by atoms with Crippen LogP contribution < -0.4 is 10.2 Å². The van der Waals surface area contributed by atoms with Crippen LogP contribution in [0.15, 0.2) is 66.7 Å². The monoisotopic (exact) mass is 376 g/mol. The van der Waals surface area contributed by atoms with Crippen molar-refractivity contribution in [1.29, 1.82) is 0 Å². The largest absolute Gasteiger partial charge is 0.355 e. The van der Waals surface area contributed by atoms with E-state index in [1.807, 2.05) is 42.5 Å². The molecular formula is C22H21FN4O. The lowest BCUT2D eigenvalue weighted by Crippen LogP contribution is -2.38.